The number of aromatic nitrogens is 1. The van der Waals surface area contributed by atoms with Crippen LogP contribution in [0.5, 0.6) is 5.88 Å². The number of fused-ring (bicyclic) bond motifs is 1. The molecule has 2 aromatic rings. The molecule has 3 heterocycles. The number of amides is 1. The van der Waals surface area contributed by atoms with Crippen LogP contribution in [0.1, 0.15) is 23.0 Å². The van der Waals surface area contributed by atoms with Gasteiger partial charge in [-0.15, -0.1) is 0 Å². The molecule has 0 aromatic carbocycles. The van der Waals surface area contributed by atoms with Crippen LogP contribution in [0, 0.1) is 5.92 Å². The summed E-state index contributed by atoms with van der Waals surface area (Å²) in [4.78, 5) is 29.1. The summed E-state index contributed by atoms with van der Waals surface area (Å²) in [5.74, 6) is -0.947. The average molecular weight is 331 g/mol. The molecule has 0 spiro atoms. The van der Waals surface area contributed by atoms with Crippen LogP contribution in [0.25, 0.3) is 0 Å². The topological polar surface area (TPSA) is 80.3 Å². The van der Waals surface area contributed by atoms with Crippen molar-refractivity contribution >= 4 is 28.7 Å². The number of Topliss-reactive ketones (excluding diaryl/α,β-unsaturated/α-hetero) is 1. The zero-order chi connectivity index (χ0) is 16.2. The third kappa shape index (κ3) is 3.34. The van der Waals surface area contributed by atoms with Gasteiger partial charge in [0.15, 0.2) is 5.78 Å². The van der Waals surface area contributed by atoms with E-state index in [4.69, 9.17) is 4.74 Å². The number of pyridine rings is 1. The molecule has 2 N–H and O–H groups in total. The molecular formula is C16H17N3O3S. The van der Waals surface area contributed by atoms with Crippen molar-refractivity contribution in [2.24, 2.45) is 5.92 Å². The highest BCUT2D eigenvalue weighted by molar-refractivity contribution is 7.07. The summed E-state index contributed by atoms with van der Waals surface area (Å²) in [7, 11) is 0. The van der Waals surface area contributed by atoms with Crippen molar-refractivity contribution in [2.75, 3.05) is 18.5 Å². The predicted molar refractivity (Wildman–Crippen MR) is 87.9 cm³/mol. The van der Waals surface area contributed by atoms with Crippen LogP contribution in [-0.2, 0) is 11.3 Å². The number of nitrogens with zero attached hydrogens (tertiary/aromatic N) is 1. The van der Waals surface area contributed by atoms with Gasteiger partial charge in [-0.1, -0.05) is 0 Å². The first-order valence-corrected chi connectivity index (χ1v) is 8.34. The van der Waals surface area contributed by atoms with Gasteiger partial charge < -0.3 is 15.4 Å². The fourth-order valence-electron chi connectivity index (χ4n) is 2.39. The lowest BCUT2D eigenvalue weighted by Gasteiger charge is -2.23. The molecule has 6 nitrogen and oxygen atoms in total. The van der Waals surface area contributed by atoms with Crippen molar-refractivity contribution in [3.63, 3.8) is 0 Å². The van der Waals surface area contributed by atoms with Crippen molar-refractivity contribution < 1.29 is 14.3 Å². The molecular weight excluding hydrogens is 314 g/mol. The SMILES string of the molecule is CCOc1ccc2c(n1)C(=O)C(C(=O)NCc1ccsc1)CN2. The fraction of sp³-hybridized carbons (Fsp3) is 0.312. The Hall–Kier alpha value is -2.41. The number of hydrogen-bond donors (Lipinski definition) is 2. The van der Waals surface area contributed by atoms with E-state index in [0.717, 1.165) is 5.56 Å². The summed E-state index contributed by atoms with van der Waals surface area (Å²) in [6, 6.07) is 5.40. The molecule has 0 saturated carbocycles. The summed E-state index contributed by atoms with van der Waals surface area (Å²) in [6.07, 6.45) is 0. The molecule has 1 amide bonds. The number of carbonyl (C=O) groups excluding carboxylic acids is 2. The normalized spacial score (nSPS) is 16.4. The van der Waals surface area contributed by atoms with Gasteiger partial charge in [0.1, 0.15) is 11.6 Å². The maximum absolute atomic E-state index is 12.6. The second-order valence-corrected chi connectivity index (χ2v) is 5.91. The van der Waals surface area contributed by atoms with E-state index in [-0.39, 0.29) is 23.9 Å². The van der Waals surface area contributed by atoms with E-state index in [1.807, 2.05) is 23.8 Å². The molecule has 1 aliphatic heterocycles. The van der Waals surface area contributed by atoms with Crippen LogP contribution in [0.2, 0.25) is 0 Å². The first-order valence-electron chi connectivity index (χ1n) is 7.39. The Kier molecular flexibility index (Phi) is 4.57. The molecule has 0 fully saturated rings. The van der Waals surface area contributed by atoms with E-state index < -0.39 is 5.92 Å². The summed E-state index contributed by atoms with van der Waals surface area (Å²) in [5.41, 5.74) is 1.93. The van der Waals surface area contributed by atoms with Crippen LogP contribution in [0.3, 0.4) is 0 Å². The van der Waals surface area contributed by atoms with Gasteiger partial charge in [0.05, 0.1) is 12.3 Å². The minimum Gasteiger partial charge on any atom is -0.478 e. The fourth-order valence-corrected chi connectivity index (χ4v) is 3.06. The summed E-state index contributed by atoms with van der Waals surface area (Å²) < 4.78 is 5.32. The molecule has 3 rings (SSSR count). The average Bonchev–Trinajstić information content (AvgIpc) is 3.07. The van der Waals surface area contributed by atoms with Crippen molar-refractivity contribution in [1.29, 1.82) is 0 Å². The molecule has 0 saturated heterocycles. The number of nitrogens with one attached hydrogen (secondary N) is 2. The zero-order valence-electron chi connectivity index (χ0n) is 12.7. The quantitative estimate of drug-likeness (QED) is 0.820. The molecule has 0 bridgehead atoms. The molecule has 7 heteroatoms. The van der Waals surface area contributed by atoms with E-state index in [1.165, 1.54) is 0 Å². The maximum atomic E-state index is 12.6. The highest BCUT2D eigenvalue weighted by atomic mass is 32.1. The summed E-state index contributed by atoms with van der Waals surface area (Å²) in [6.45, 7) is 3.02. The van der Waals surface area contributed by atoms with Gasteiger partial charge in [-0.25, -0.2) is 4.98 Å². The van der Waals surface area contributed by atoms with Crippen LogP contribution >= 0.6 is 11.3 Å². The Bertz CT molecular complexity index is 715. The predicted octanol–water partition coefficient (Wildman–Crippen LogP) is 2.08. The van der Waals surface area contributed by atoms with E-state index in [1.54, 1.807) is 23.5 Å². The molecule has 23 heavy (non-hydrogen) atoms. The number of anilines is 1. The van der Waals surface area contributed by atoms with Gasteiger partial charge in [-0.2, -0.15) is 11.3 Å². The van der Waals surface area contributed by atoms with Gasteiger partial charge >= 0.3 is 0 Å². The first kappa shape index (κ1) is 15.5. The van der Waals surface area contributed by atoms with Crippen molar-refractivity contribution in [3.8, 4) is 5.88 Å². The molecule has 1 unspecified atom stereocenters. The van der Waals surface area contributed by atoms with Crippen LogP contribution in [-0.4, -0.2) is 29.8 Å². The van der Waals surface area contributed by atoms with E-state index in [9.17, 15) is 9.59 Å². The zero-order valence-corrected chi connectivity index (χ0v) is 13.5. The van der Waals surface area contributed by atoms with Gasteiger partial charge in [-0.05, 0) is 35.4 Å². The van der Waals surface area contributed by atoms with E-state index in [0.29, 0.717) is 24.7 Å². The monoisotopic (exact) mass is 331 g/mol. The minimum absolute atomic E-state index is 0.262. The van der Waals surface area contributed by atoms with Gasteiger partial charge in [0.2, 0.25) is 11.8 Å². The maximum Gasteiger partial charge on any atom is 0.233 e. The number of carbonyl (C=O) groups is 2. The minimum atomic E-state index is -0.773. The Morgan fingerprint density at radius 1 is 1.48 bits per heavy atom. The highest BCUT2D eigenvalue weighted by Gasteiger charge is 2.34. The number of rotatable bonds is 5. The number of thiophene rings is 1. The van der Waals surface area contributed by atoms with Gasteiger partial charge in [-0.3, -0.25) is 9.59 Å². The van der Waals surface area contributed by atoms with Crippen molar-refractivity contribution in [1.82, 2.24) is 10.3 Å². The van der Waals surface area contributed by atoms with Crippen molar-refractivity contribution in [3.05, 3.63) is 40.2 Å². The second kappa shape index (κ2) is 6.78. The molecule has 1 aliphatic rings. The summed E-state index contributed by atoms with van der Waals surface area (Å²) >= 11 is 1.57. The lowest BCUT2D eigenvalue weighted by atomic mass is 9.95. The third-order valence-corrected chi connectivity index (χ3v) is 4.30. The Morgan fingerprint density at radius 2 is 2.35 bits per heavy atom. The van der Waals surface area contributed by atoms with E-state index in [2.05, 4.69) is 15.6 Å². The first-order chi connectivity index (χ1) is 11.2. The van der Waals surface area contributed by atoms with Crippen LogP contribution in [0.15, 0.2) is 29.0 Å². The Labute approximate surface area is 137 Å². The van der Waals surface area contributed by atoms with Crippen LogP contribution in [0.4, 0.5) is 5.69 Å². The third-order valence-electron chi connectivity index (χ3n) is 3.57. The van der Waals surface area contributed by atoms with Gasteiger partial charge in [0.25, 0.3) is 0 Å². The molecule has 0 radical (unpaired) electrons. The number of ether oxygens (including phenoxy) is 1. The lowest BCUT2D eigenvalue weighted by molar-refractivity contribution is -0.123. The van der Waals surface area contributed by atoms with Gasteiger partial charge in [0, 0.05) is 19.2 Å². The smallest absolute Gasteiger partial charge is 0.233 e. The number of hydrogen-bond acceptors (Lipinski definition) is 6. The molecule has 0 aliphatic carbocycles. The van der Waals surface area contributed by atoms with Crippen LogP contribution < -0.4 is 15.4 Å². The standard InChI is InChI=1S/C16H17N3O3S/c1-2-22-13-4-3-12-14(19-13)15(20)11(8-17-12)16(21)18-7-10-5-6-23-9-10/h3-6,9,11,17H,2,7-8H2,1H3,(H,18,21). The van der Waals surface area contributed by atoms with E-state index >= 15 is 0 Å². The summed E-state index contributed by atoms with van der Waals surface area (Å²) in [5, 5.41) is 9.81. The second-order valence-electron chi connectivity index (χ2n) is 5.13. The highest BCUT2D eigenvalue weighted by Crippen LogP contribution is 2.25. The lowest BCUT2D eigenvalue weighted by Crippen LogP contribution is -2.42. The Balaban J connectivity index is 1.71. The number of ketones is 1. The molecule has 2 aromatic heterocycles. The Morgan fingerprint density at radius 3 is 3.09 bits per heavy atom. The largest absolute Gasteiger partial charge is 0.478 e. The molecule has 1 atom stereocenters. The van der Waals surface area contributed by atoms with Crippen molar-refractivity contribution in [2.45, 2.75) is 13.5 Å². The molecule has 120 valence electrons.